The molecule has 4 rings (SSSR count). The molecule has 3 aliphatic rings. The van der Waals surface area contributed by atoms with Crippen LogP contribution in [0.5, 0.6) is 0 Å². The van der Waals surface area contributed by atoms with Crippen molar-refractivity contribution in [3.63, 3.8) is 0 Å². The SMILES string of the molecule is CCC(=O)N1CCc2cc([C@@H]3C[C@H]3NCC3CCNCC3)ccc21. The first-order valence-corrected chi connectivity index (χ1v) is 9.63. The quantitative estimate of drug-likeness (QED) is 0.873. The van der Waals surface area contributed by atoms with Crippen molar-refractivity contribution >= 4 is 11.6 Å². The molecule has 1 aromatic carbocycles. The molecule has 0 spiro atoms. The summed E-state index contributed by atoms with van der Waals surface area (Å²) in [5, 5.41) is 7.22. The number of amides is 1. The number of carbonyl (C=O) groups excluding carboxylic acids is 1. The van der Waals surface area contributed by atoms with E-state index in [4.69, 9.17) is 0 Å². The van der Waals surface area contributed by atoms with Gasteiger partial charge in [-0.3, -0.25) is 4.79 Å². The first kappa shape index (κ1) is 16.1. The van der Waals surface area contributed by atoms with E-state index in [0.717, 1.165) is 24.6 Å². The molecule has 0 bridgehead atoms. The van der Waals surface area contributed by atoms with Gasteiger partial charge in [-0.25, -0.2) is 0 Å². The fraction of sp³-hybridized carbons (Fsp3) is 0.650. The predicted molar refractivity (Wildman–Crippen MR) is 97.5 cm³/mol. The Balaban J connectivity index is 1.34. The normalized spacial score (nSPS) is 26.5. The lowest BCUT2D eigenvalue weighted by molar-refractivity contribution is -0.118. The van der Waals surface area contributed by atoms with Crippen molar-refractivity contribution in [1.29, 1.82) is 0 Å². The minimum atomic E-state index is 0.245. The zero-order valence-electron chi connectivity index (χ0n) is 14.7. The highest BCUT2D eigenvalue weighted by Gasteiger charge is 2.39. The second-order valence-electron chi connectivity index (χ2n) is 7.59. The van der Waals surface area contributed by atoms with Gasteiger partial charge in [0.25, 0.3) is 0 Å². The third kappa shape index (κ3) is 3.22. The highest BCUT2D eigenvalue weighted by Crippen LogP contribution is 2.43. The molecule has 1 aliphatic carbocycles. The summed E-state index contributed by atoms with van der Waals surface area (Å²) >= 11 is 0. The molecule has 1 amide bonds. The van der Waals surface area contributed by atoms with E-state index in [2.05, 4.69) is 28.8 Å². The fourth-order valence-electron chi connectivity index (χ4n) is 4.30. The summed E-state index contributed by atoms with van der Waals surface area (Å²) < 4.78 is 0. The van der Waals surface area contributed by atoms with Crippen LogP contribution in [0.15, 0.2) is 18.2 Å². The molecule has 4 heteroatoms. The maximum absolute atomic E-state index is 12.0. The van der Waals surface area contributed by atoms with Crippen LogP contribution in [0.25, 0.3) is 0 Å². The molecule has 2 atom stereocenters. The smallest absolute Gasteiger partial charge is 0.226 e. The van der Waals surface area contributed by atoms with Crippen molar-refractivity contribution in [1.82, 2.24) is 10.6 Å². The van der Waals surface area contributed by atoms with Crippen LogP contribution in [0.4, 0.5) is 5.69 Å². The fourth-order valence-corrected chi connectivity index (χ4v) is 4.30. The van der Waals surface area contributed by atoms with E-state index >= 15 is 0 Å². The Labute approximate surface area is 145 Å². The molecule has 2 heterocycles. The molecule has 0 unspecified atom stereocenters. The van der Waals surface area contributed by atoms with Crippen molar-refractivity contribution in [2.24, 2.45) is 5.92 Å². The summed E-state index contributed by atoms with van der Waals surface area (Å²) in [5.41, 5.74) is 3.96. The lowest BCUT2D eigenvalue weighted by Crippen LogP contribution is -2.34. The van der Waals surface area contributed by atoms with E-state index in [1.54, 1.807) is 0 Å². The van der Waals surface area contributed by atoms with Crippen LogP contribution in [0.3, 0.4) is 0 Å². The molecule has 2 fully saturated rings. The average molecular weight is 327 g/mol. The van der Waals surface area contributed by atoms with Gasteiger partial charge in [0.05, 0.1) is 0 Å². The summed E-state index contributed by atoms with van der Waals surface area (Å²) in [4.78, 5) is 14.0. The van der Waals surface area contributed by atoms with E-state index < -0.39 is 0 Å². The molecule has 2 N–H and O–H groups in total. The van der Waals surface area contributed by atoms with Gasteiger partial charge in [-0.05, 0) is 68.4 Å². The van der Waals surface area contributed by atoms with Gasteiger partial charge in [0, 0.05) is 30.6 Å². The highest BCUT2D eigenvalue weighted by molar-refractivity contribution is 5.95. The molecule has 1 aromatic rings. The topological polar surface area (TPSA) is 44.4 Å². The molecular formula is C20H29N3O. The number of fused-ring (bicyclic) bond motifs is 1. The van der Waals surface area contributed by atoms with Crippen LogP contribution >= 0.6 is 0 Å². The van der Waals surface area contributed by atoms with Crippen molar-refractivity contribution in [3.8, 4) is 0 Å². The number of nitrogens with zero attached hydrogens (tertiary/aromatic N) is 1. The standard InChI is InChI=1S/C20H29N3O/c1-2-20(24)23-10-7-16-11-15(3-4-19(16)23)17-12-18(17)22-13-14-5-8-21-9-6-14/h3-4,11,14,17-18,21-22H,2,5-10,12-13H2,1H3/t17-,18+/m0/s1. The summed E-state index contributed by atoms with van der Waals surface area (Å²) in [6.07, 6.45) is 5.48. The minimum Gasteiger partial charge on any atom is -0.317 e. The third-order valence-electron chi connectivity index (χ3n) is 5.95. The van der Waals surface area contributed by atoms with Gasteiger partial charge in [0.2, 0.25) is 5.91 Å². The maximum Gasteiger partial charge on any atom is 0.226 e. The van der Waals surface area contributed by atoms with Crippen LogP contribution in [0, 0.1) is 5.92 Å². The summed E-state index contributed by atoms with van der Waals surface area (Å²) in [6.45, 7) is 6.33. The first-order chi connectivity index (χ1) is 11.8. The van der Waals surface area contributed by atoms with E-state index in [0.29, 0.717) is 18.4 Å². The first-order valence-electron chi connectivity index (χ1n) is 9.63. The Morgan fingerprint density at radius 1 is 1.33 bits per heavy atom. The average Bonchev–Trinajstić information content (AvgIpc) is 3.29. The van der Waals surface area contributed by atoms with E-state index in [1.807, 2.05) is 11.8 Å². The summed E-state index contributed by atoms with van der Waals surface area (Å²) in [6, 6.07) is 7.44. The Morgan fingerprint density at radius 2 is 2.17 bits per heavy atom. The van der Waals surface area contributed by atoms with Crippen LogP contribution in [-0.2, 0) is 11.2 Å². The molecule has 1 saturated carbocycles. The Hall–Kier alpha value is -1.39. The zero-order valence-corrected chi connectivity index (χ0v) is 14.7. The number of nitrogens with one attached hydrogen (secondary N) is 2. The number of carbonyl (C=O) groups is 1. The van der Waals surface area contributed by atoms with Gasteiger partial charge < -0.3 is 15.5 Å². The van der Waals surface area contributed by atoms with E-state index in [-0.39, 0.29) is 5.91 Å². The number of hydrogen-bond acceptors (Lipinski definition) is 3. The molecule has 0 radical (unpaired) electrons. The number of anilines is 1. The minimum absolute atomic E-state index is 0.245. The lowest BCUT2D eigenvalue weighted by atomic mass is 9.98. The number of benzene rings is 1. The predicted octanol–water partition coefficient (Wildman–Crippen LogP) is 2.43. The molecule has 2 aliphatic heterocycles. The van der Waals surface area contributed by atoms with Gasteiger partial charge in [0.1, 0.15) is 0 Å². The Morgan fingerprint density at radius 3 is 2.96 bits per heavy atom. The Bertz CT molecular complexity index is 609. The van der Waals surface area contributed by atoms with Crippen LogP contribution in [0.1, 0.15) is 49.7 Å². The van der Waals surface area contributed by atoms with Gasteiger partial charge in [-0.15, -0.1) is 0 Å². The van der Waals surface area contributed by atoms with E-state index in [1.165, 1.54) is 50.0 Å². The number of hydrogen-bond donors (Lipinski definition) is 2. The number of rotatable bonds is 5. The summed E-state index contributed by atoms with van der Waals surface area (Å²) in [7, 11) is 0. The van der Waals surface area contributed by atoms with Crippen LogP contribution in [-0.4, -0.2) is 38.1 Å². The lowest BCUT2D eigenvalue weighted by Gasteiger charge is -2.23. The molecule has 1 saturated heterocycles. The van der Waals surface area contributed by atoms with Crippen molar-refractivity contribution in [2.45, 2.75) is 51.0 Å². The second kappa shape index (κ2) is 6.85. The highest BCUT2D eigenvalue weighted by atomic mass is 16.2. The zero-order chi connectivity index (χ0) is 16.5. The van der Waals surface area contributed by atoms with Crippen molar-refractivity contribution < 1.29 is 4.79 Å². The van der Waals surface area contributed by atoms with E-state index in [9.17, 15) is 4.79 Å². The molecular weight excluding hydrogens is 298 g/mol. The van der Waals surface area contributed by atoms with Gasteiger partial charge >= 0.3 is 0 Å². The molecule has 4 nitrogen and oxygen atoms in total. The Kier molecular flexibility index (Phi) is 4.59. The number of piperidine rings is 1. The maximum atomic E-state index is 12.0. The van der Waals surface area contributed by atoms with Crippen LogP contribution in [0.2, 0.25) is 0 Å². The monoisotopic (exact) mass is 327 g/mol. The van der Waals surface area contributed by atoms with Crippen LogP contribution < -0.4 is 15.5 Å². The largest absolute Gasteiger partial charge is 0.317 e. The van der Waals surface area contributed by atoms with Gasteiger partial charge in [-0.2, -0.15) is 0 Å². The summed E-state index contributed by atoms with van der Waals surface area (Å²) in [5.74, 6) is 1.77. The molecule has 0 aromatic heterocycles. The van der Waals surface area contributed by atoms with Crippen molar-refractivity contribution in [2.75, 3.05) is 31.1 Å². The molecule has 130 valence electrons. The van der Waals surface area contributed by atoms with Gasteiger partial charge in [-0.1, -0.05) is 19.1 Å². The van der Waals surface area contributed by atoms with Crippen molar-refractivity contribution in [3.05, 3.63) is 29.3 Å². The van der Waals surface area contributed by atoms with Gasteiger partial charge in [0.15, 0.2) is 0 Å². The molecule has 24 heavy (non-hydrogen) atoms. The second-order valence-corrected chi connectivity index (χ2v) is 7.59. The third-order valence-corrected chi connectivity index (χ3v) is 5.95.